The third-order valence-electron chi connectivity index (χ3n) is 4.36. The minimum atomic E-state index is -0.0541. The van der Waals surface area contributed by atoms with Gasteiger partial charge in [-0.25, -0.2) is 0 Å². The summed E-state index contributed by atoms with van der Waals surface area (Å²) < 4.78 is 11.1. The molecular weight excluding hydrogens is 332 g/mol. The molecule has 1 unspecified atom stereocenters. The van der Waals surface area contributed by atoms with E-state index in [4.69, 9.17) is 9.47 Å². The highest BCUT2D eigenvalue weighted by atomic mass is 16.5. The number of methoxy groups -OCH3 is 1. The smallest absolute Gasteiger partial charge is 0.234 e. The Morgan fingerprint density at radius 3 is 2.73 bits per heavy atom. The molecule has 2 aromatic rings. The predicted molar refractivity (Wildman–Crippen MR) is 98.7 cm³/mol. The van der Waals surface area contributed by atoms with Gasteiger partial charge in [0.2, 0.25) is 11.8 Å². The van der Waals surface area contributed by atoms with Gasteiger partial charge >= 0.3 is 0 Å². The Kier molecular flexibility index (Phi) is 5.55. The topological polar surface area (TPSA) is 67.8 Å². The monoisotopic (exact) mass is 356 g/mol. The van der Waals surface area contributed by atoms with Crippen molar-refractivity contribution >= 4 is 11.7 Å². The molecule has 1 fully saturated rings. The second-order valence-electron chi connectivity index (χ2n) is 6.50. The zero-order valence-electron chi connectivity index (χ0n) is 15.4. The molecule has 1 aromatic carbocycles. The summed E-state index contributed by atoms with van der Waals surface area (Å²) in [7, 11) is 5.44. The lowest BCUT2D eigenvalue weighted by atomic mass is 10.1. The second kappa shape index (κ2) is 8.03. The third-order valence-corrected chi connectivity index (χ3v) is 4.36. The van der Waals surface area contributed by atoms with Gasteiger partial charge in [0.25, 0.3) is 0 Å². The van der Waals surface area contributed by atoms with Gasteiger partial charge in [-0.1, -0.05) is 12.1 Å². The molecule has 1 saturated heterocycles. The van der Waals surface area contributed by atoms with Gasteiger partial charge in [0, 0.05) is 27.1 Å². The Labute approximate surface area is 153 Å². The highest BCUT2D eigenvalue weighted by molar-refractivity contribution is 5.79. The summed E-state index contributed by atoms with van der Waals surface area (Å²) in [6, 6.07) is 7.58. The van der Waals surface area contributed by atoms with E-state index in [-0.39, 0.29) is 12.0 Å². The minimum Gasteiger partial charge on any atom is -0.497 e. The summed E-state index contributed by atoms with van der Waals surface area (Å²) in [5, 5.41) is 0. The number of carbonyl (C=O) groups is 1. The second-order valence-corrected chi connectivity index (χ2v) is 6.50. The van der Waals surface area contributed by atoms with E-state index in [1.54, 1.807) is 19.5 Å². The number of aromatic nitrogens is 2. The molecule has 0 bridgehead atoms. The molecule has 0 radical (unpaired) electrons. The molecule has 1 atom stereocenters. The zero-order valence-corrected chi connectivity index (χ0v) is 15.4. The molecule has 0 aliphatic carbocycles. The number of hydrogen-bond donors (Lipinski definition) is 0. The lowest BCUT2D eigenvalue weighted by molar-refractivity contribution is -0.129. The van der Waals surface area contributed by atoms with Crippen molar-refractivity contribution in [3.05, 3.63) is 42.2 Å². The van der Waals surface area contributed by atoms with Gasteiger partial charge in [-0.15, -0.1) is 0 Å². The number of nitrogens with zero attached hydrogens (tertiary/aromatic N) is 4. The predicted octanol–water partition coefficient (Wildman–Crippen LogP) is 1.77. The molecule has 7 nitrogen and oxygen atoms in total. The van der Waals surface area contributed by atoms with Crippen molar-refractivity contribution in [3.8, 4) is 11.6 Å². The standard InChI is InChI=1S/C19H24N4O3/c1-22(2)17-11-20-12-18(21-17)26-16-8-9-23(13-16)19(24)10-14-4-6-15(25-3)7-5-14/h4-7,11-12,16H,8-10,13H2,1-3H3. The Hall–Kier alpha value is -2.83. The molecule has 0 saturated carbocycles. The fourth-order valence-corrected chi connectivity index (χ4v) is 2.86. The molecule has 26 heavy (non-hydrogen) atoms. The molecule has 1 aliphatic heterocycles. The van der Waals surface area contributed by atoms with Crippen molar-refractivity contribution in [2.75, 3.05) is 39.2 Å². The van der Waals surface area contributed by atoms with Crippen molar-refractivity contribution in [2.24, 2.45) is 0 Å². The Morgan fingerprint density at radius 2 is 2.04 bits per heavy atom. The van der Waals surface area contributed by atoms with Gasteiger partial charge in [-0.3, -0.25) is 9.78 Å². The van der Waals surface area contributed by atoms with E-state index in [0.717, 1.165) is 23.6 Å². The lowest BCUT2D eigenvalue weighted by Crippen LogP contribution is -2.32. The summed E-state index contributed by atoms with van der Waals surface area (Å²) in [4.78, 5) is 24.8. The van der Waals surface area contributed by atoms with Crippen LogP contribution in [-0.2, 0) is 11.2 Å². The van der Waals surface area contributed by atoms with Crippen LogP contribution in [0.25, 0.3) is 0 Å². The van der Waals surface area contributed by atoms with Crippen LogP contribution in [-0.4, -0.2) is 61.2 Å². The Morgan fingerprint density at radius 1 is 1.27 bits per heavy atom. The number of rotatable bonds is 6. The van der Waals surface area contributed by atoms with Crippen molar-refractivity contribution in [2.45, 2.75) is 18.9 Å². The maximum Gasteiger partial charge on any atom is 0.234 e. The van der Waals surface area contributed by atoms with Crippen molar-refractivity contribution in [1.29, 1.82) is 0 Å². The molecular formula is C19H24N4O3. The van der Waals surface area contributed by atoms with Gasteiger partial charge in [-0.05, 0) is 17.7 Å². The van der Waals surface area contributed by atoms with Crippen LogP contribution >= 0.6 is 0 Å². The maximum absolute atomic E-state index is 12.5. The Balaban J connectivity index is 1.54. The molecule has 1 aromatic heterocycles. The number of anilines is 1. The average molecular weight is 356 g/mol. The van der Waals surface area contributed by atoms with E-state index in [1.165, 1.54) is 0 Å². The van der Waals surface area contributed by atoms with Crippen LogP contribution in [0.3, 0.4) is 0 Å². The van der Waals surface area contributed by atoms with Crippen LogP contribution in [0.4, 0.5) is 5.82 Å². The van der Waals surface area contributed by atoms with Gasteiger partial charge in [0.15, 0.2) is 5.82 Å². The normalized spacial score (nSPS) is 16.4. The highest BCUT2D eigenvalue weighted by Crippen LogP contribution is 2.19. The molecule has 7 heteroatoms. The summed E-state index contributed by atoms with van der Waals surface area (Å²) in [6.07, 6.45) is 4.41. The van der Waals surface area contributed by atoms with Crippen LogP contribution in [0.15, 0.2) is 36.7 Å². The first kappa shape index (κ1) is 18.0. The Bertz CT molecular complexity index is 749. The van der Waals surface area contributed by atoms with E-state index >= 15 is 0 Å². The number of ether oxygens (including phenoxy) is 2. The molecule has 0 spiro atoms. The van der Waals surface area contributed by atoms with E-state index in [0.29, 0.717) is 25.4 Å². The van der Waals surface area contributed by atoms with Crippen LogP contribution < -0.4 is 14.4 Å². The molecule has 138 valence electrons. The maximum atomic E-state index is 12.5. The van der Waals surface area contributed by atoms with Gasteiger partial charge < -0.3 is 19.3 Å². The molecule has 1 aliphatic rings. The molecule has 3 rings (SSSR count). The van der Waals surface area contributed by atoms with E-state index < -0.39 is 0 Å². The molecule has 0 N–H and O–H groups in total. The quantitative estimate of drug-likeness (QED) is 0.786. The van der Waals surface area contributed by atoms with Crippen LogP contribution in [0.1, 0.15) is 12.0 Å². The van der Waals surface area contributed by atoms with Crippen molar-refractivity contribution < 1.29 is 14.3 Å². The molecule has 2 heterocycles. The SMILES string of the molecule is COc1ccc(CC(=O)N2CCC(Oc3cncc(N(C)C)n3)C2)cc1. The summed E-state index contributed by atoms with van der Waals surface area (Å²) in [5.41, 5.74) is 0.977. The first-order valence-corrected chi connectivity index (χ1v) is 8.62. The average Bonchev–Trinajstić information content (AvgIpc) is 3.11. The fraction of sp³-hybridized carbons (Fsp3) is 0.421. The third kappa shape index (κ3) is 4.41. The minimum absolute atomic E-state index is 0.0541. The van der Waals surface area contributed by atoms with Gasteiger partial charge in [0.05, 0.1) is 32.5 Å². The number of likely N-dealkylation sites (tertiary alicyclic amines) is 1. The largest absolute Gasteiger partial charge is 0.497 e. The molecule has 1 amide bonds. The van der Waals surface area contributed by atoms with Gasteiger partial charge in [0.1, 0.15) is 11.9 Å². The summed E-state index contributed by atoms with van der Waals surface area (Å²) in [6.45, 7) is 1.27. The number of benzene rings is 1. The first-order valence-electron chi connectivity index (χ1n) is 8.62. The van der Waals surface area contributed by atoms with Crippen LogP contribution in [0, 0.1) is 0 Å². The number of amides is 1. The highest BCUT2D eigenvalue weighted by Gasteiger charge is 2.28. The van der Waals surface area contributed by atoms with Crippen LogP contribution in [0.5, 0.6) is 11.6 Å². The van der Waals surface area contributed by atoms with Gasteiger partial charge in [-0.2, -0.15) is 4.98 Å². The van der Waals surface area contributed by atoms with Crippen molar-refractivity contribution in [1.82, 2.24) is 14.9 Å². The van der Waals surface area contributed by atoms with E-state index in [9.17, 15) is 4.79 Å². The van der Waals surface area contributed by atoms with E-state index in [1.807, 2.05) is 48.2 Å². The van der Waals surface area contributed by atoms with E-state index in [2.05, 4.69) is 9.97 Å². The van der Waals surface area contributed by atoms with Crippen LogP contribution in [0.2, 0.25) is 0 Å². The lowest BCUT2D eigenvalue weighted by Gasteiger charge is -2.18. The fourth-order valence-electron chi connectivity index (χ4n) is 2.86. The zero-order chi connectivity index (χ0) is 18.5. The number of hydrogen-bond acceptors (Lipinski definition) is 6. The van der Waals surface area contributed by atoms with Crippen molar-refractivity contribution in [3.63, 3.8) is 0 Å². The summed E-state index contributed by atoms with van der Waals surface area (Å²) >= 11 is 0. The number of carbonyl (C=O) groups excluding carboxylic acids is 1. The summed E-state index contributed by atoms with van der Waals surface area (Å²) in [5.74, 6) is 2.13. The first-order chi connectivity index (χ1) is 12.5.